The number of unbranched alkanes of at least 4 members (excludes halogenated alkanes) is 12. The largest absolute Gasteiger partial charge is 0.463 e. The molecule has 0 bridgehead atoms. The van der Waals surface area contributed by atoms with Gasteiger partial charge in [-0.05, 0) is 44.9 Å². The topological polar surface area (TPSA) is 93.1 Å². The monoisotopic (exact) mass is 534 g/mol. The molecule has 8 heteroatoms. The highest BCUT2D eigenvalue weighted by atomic mass is 31.2. The average Bonchev–Trinajstić information content (AvgIpc) is 2.81. The van der Waals surface area contributed by atoms with Crippen molar-refractivity contribution in [2.75, 3.05) is 47.1 Å². The maximum atomic E-state index is 12.1. The van der Waals surface area contributed by atoms with Crippen LogP contribution in [-0.2, 0) is 18.6 Å². The summed E-state index contributed by atoms with van der Waals surface area (Å²) in [6.07, 6.45) is 21.0. The third kappa shape index (κ3) is 26.3. The van der Waals surface area contributed by atoms with E-state index in [9.17, 15) is 19.4 Å². The molecule has 2 atom stereocenters. The van der Waals surface area contributed by atoms with E-state index in [2.05, 4.69) is 40.2 Å². The summed E-state index contributed by atoms with van der Waals surface area (Å²) in [5, 5.41) is 9.90. The highest BCUT2D eigenvalue weighted by Gasteiger charge is 2.22. The van der Waals surface area contributed by atoms with E-state index in [1.165, 1.54) is 57.8 Å². The fraction of sp³-hybridized carbons (Fsp3) is 0.893. The van der Waals surface area contributed by atoms with Crippen molar-refractivity contribution in [3.63, 3.8) is 0 Å². The molecule has 0 amide bonds. The Morgan fingerprint density at radius 2 is 1.39 bits per heavy atom. The highest BCUT2D eigenvalue weighted by molar-refractivity contribution is 7.52. The SMILES string of the molecule is CCCCCCCC/C=C\CCCCCCCC(=O)OC[C@@H](O)COP(=O)(O)CCCC[N+](C)(C)C. The van der Waals surface area contributed by atoms with E-state index >= 15 is 0 Å². The van der Waals surface area contributed by atoms with Gasteiger partial charge in [-0.2, -0.15) is 0 Å². The van der Waals surface area contributed by atoms with Crippen LogP contribution < -0.4 is 0 Å². The Hall–Kier alpha value is -0.720. The molecule has 0 rings (SSSR count). The number of hydrogen-bond acceptors (Lipinski definition) is 5. The van der Waals surface area contributed by atoms with Gasteiger partial charge in [0.25, 0.3) is 0 Å². The van der Waals surface area contributed by atoms with E-state index in [1.807, 2.05) is 0 Å². The molecule has 36 heavy (non-hydrogen) atoms. The number of quaternary nitrogens is 1. The number of aliphatic hydroxyl groups is 1. The number of aliphatic hydroxyl groups excluding tert-OH is 1. The Balaban J connectivity index is 3.60. The minimum Gasteiger partial charge on any atom is -0.463 e. The van der Waals surface area contributed by atoms with E-state index in [1.54, 1.807) is 0 Å². The van der Waals surface area contributed by atoms with Crippen molar-refractivity contribution in [1.82, 2.24) is 0 Å². The van der Waals surface area contributed by atoms with Gasteiger partial charge in [0, 0.05) is 6.42 Å². The van der Waals surface area contributed by atoms with E-state index < -0.39 is 13.7 Å². The molecule has 1 unspecified atom stereocenters. The van der Waals surface area contributed by atoms with Crippen molar-refractivity contribution in [3.05, 3.63) is 12.2 Å². The molecule has 0 heterocycles. The first kappa shape index (κ1) is 35.3. The van der Waals surface area contributed by atoms with Gasteiger partial charge in [0.15, 0.2) is 0 Å². The predicted octanol–water partition coefficient (Wildman–Crippen LogP) is 6.62. The lowest BCUT2D eigenvalue weighted by Crippen LogP contribution is -2.35. The first-order valence-electron chi connectivity index (χ1n) is 14.3. The quantitative estimate of drug-likeness (QED) is 0.0450. The molecule has 0 saturated heterocycles. The van der Waals surface area contributed by atoms with Crippen LogP contribution >= 0.6 is 7.60 Å². The maximum absolute atomic E-state index is 12.1. The molecule has 214 valence electrons. The number of hydrogen-bond donors (Lipinski definition) is 2. The van der Waals surface area contributed by atoms with Gasteiger partial charge >= 0.3 is 13.6 Å². The Morgan fingerprint density at radius 3 is 1.97 bits per heavy atom. The van der Waals surface area contributed by atoms with Crippen LogP contribution in [0.2, 0.25) is 0 Å². The summed E-state index contributed by atoms with van der Waals surface area (Å²) in [6, 6.07) is 0. The lowest BCUT2D eigenvalue weighted by molar-refractivity contribution is -0.870. The van der Waals surface area contributed by atoms with Crippen LogP contribution in [0.4, 0.5) is 0 Å². The second-order valence-corrected chi connectivity index (χ2v) is 13.0. The summed E-state index contributed by atoms with van der Waals surface area (Å²) in [7, 11) is 2.49. The van der Waals surface area contributed by atoms with Crippen molar-refractivity contribution >= 4 is 13.6 Å². The molecule has 0 radical (unpaired) electrons. The summed E-state index contributed by atoms with van der Waals surface area (Å²) < 4.78 is 22.9. The number of nitrogens with zero attached hydrogens (tertiary/aromatic N) is 1. The van der Waals surface area contributed by atoms with Crippen LogP contribution in [0.1, 0.15) is 110 Å². The molecule has 2 N–H and O–H groups in total. The second-order valence-electron chi connectivity index (χ2n) is 11.0. The zero-order valence-corrected chi connectivity index (χ0v) is 24.7. The van der Waals surface area contributed by atoms with Crippen LogP contribution in [0.5, 0.6) is 0 Å². The maximum Gasteiger partial charge on any atom is 0.328 e. The molecule has 7 nitrogen and oxygen atoms in total. The van der Waals surface area contributed by atoms with Gasteiger partial charge in [-0.25, -0.2) is 0 Å². The van der Waals surface area contributed by atoms with Crippen molar-refractivity contribution in [2.24, 2.45) is 0 Å². The van der Waals surface area contributed by atoms with Gasteiger partial charge in [-0.1, -0.05) is 70.4 Å². The smallest absolute Gasteiger partial charge is 0.328 e. The molecule has 0 aliphatic carbocycles. The summed E-state index contributed by atoms with van der Waals surface area (Å²) >= 11 is 0. The van der Waals surface area contributed by atoms with Crippen LogP contribution in [-0.4, -0.2) is 73.6 Å². The number of allylic oxidation sites excluding steroid dienone is 2. The van der Waals surface area contributed by atoms with Crippen LogP contribution in [0.15, 0.2) is 12.2 Å². The first-order chi connectivity index (χ1) is 17.1. The van der Waals surface area contributed by atoms with Gasteiger partial charge in [0.1, 0.15) is 12.7 Å². The molecular formula is C28H57NO6P+. The minimum atomic E-state index is -3.73. The van der Waals surface area contributed by atoms with E-state index in [0.29, 0.717) is 12.8 Å². The number of ether oxygens (including phenoxy) is 1. The molecule has 0 fully saturated rings. The molecule has 0 aromatic rings. The van der Waals surface area contributed by atoms with Gasteiger partial charge in [-0.3, -0.25) is 9.36 Å². The number of carbonyl (C=O) groups is 1. The number of carbonyl (C=O) groups excluding carboxylic acids is 1. The fourth-order valence-corrected chi connectivity index (χ4v) is 4.97. The fourth-order valence-electron chi connectivity index (χ4n) is 3.81. The van der Waals surface area contributed by atoms with Crippen LogP contribution in [0.3, 0.4) is 0 Å². The van der Waals surface area contributed by atoms with Crippen LogP contribution in [0.25, 0.3) is 0 Å². The Kier molecular flexibility index (Phi) is 21.8. The van der Waals surface area contributed by atoms with Crippen molar-refractivity contribution in [3.8, 4) is 0 Å². The minimum absolute atomic E-state index is 0.0645. The molecule has 0 aromatic carbocycles. The van der Waals surface area contributed by atoms with E-state index in [4.69, 9.17) is 9.26 Å². The van der Waals surface area contributed by atoms with Gasteiger partial charge in [0.2, 0.25) is 0 Å². The lowest BCUT2D eigenvalue weighted by Gasteiger charge is -2.23. The summed E-state index contributed by atoms with van der Waals surface area (Å²) in [6.45, 7) is 2.63. The molecule has 0 aliphatic heterocycles. The summed E-state index contributed by atoms with van der Waals surface area (Å²) in [5.74, 6) is -0.348. The Bertz CT molecular complexity index is 605. The van der Waals surface area contributed by atoms with Gasteiger partial charge < -0.3 is 23.7 Å². The number of rotatable bonds is 25. The highest BCUT2D eigenvalue weighted by Crippen LogP contribution is 2.42. The van der Waals surface area contributed by atoms with Crippen LogP contribution in [0, 0.1) is 0 Å². The van der Waals surface area contributed by atoms with E-state index in [0.717, 1.165) is 43.1 Å². The molecule has 0 aromatic heterocycles. The molecule has 0 spiro atoms. The van der Waals surface area contributed by atoms with Gasteiger partial charge in [-0.15, -0.1) is 0 Å². The lowest BCUT2D eigenvalue weighted by atomic mass is 10.1. The van der Waals surface area contributed by atoms with Crippen molar-refractivity contribution in [1.29, 1.82) is 0 Å². The molecular weight excluding hydrogens is 477 g/mol. The normalized spacial score (nSPS) is 14.7. The second kappa shape index (κ2) is 22.3. The predicted molar refractivity (Wildman–Crippen MR) is 149 cm³/mol. The Labute approximate surface area is 221 Å². The van der Waals surface area contributed by atoms with Crippen molar-refractivity contribution < 1.29 is 33.1 Å². The zero-order valence-electron chi connectivity index (χ0n) is 23.8. The number of esters is 1. The van der Waals surface area contributed by atoms with E-state index in [-0.39, 0.29) is 25.3 Å². The zero-order chi connectivity index (χ0) is 27.1. The molecule has 0 saturated carbocycles. The van der Waals surface area contributed by atoms with Crippen molar-refractivity contribution in [2.45, 2.75) is 116 Å². The molecule has 0 aliphatic rings. The average molecular weight is 535 g/mol. The third-order valence-corrected chi connectivity index (χ3v) is 7.50. The standard InChI is InChI=1S/C28H56NO6P/c1-5-6-7-8-9-10-11-12-13-14-15-16-17-18-19-22-28(31)34-25-27(30)26-35-36(32,33)24-21-20-23-29(2,3)4/h12-13,27,30H,5-11,14-26H2,1-4H3/p+1/b13-12-/t27-/m1/s1. The van der Waals surface area contributed by atoms with Gasteiger partial charge in [0.05, 0.1) is 40.5 Å². The summed E-state index contributed by atoms with van der Waals surface area (Å²) in [5.41, 5.74) is 0. The third-order valence-electron chi connectivity index (χ3n) is 6.07. The summed E-state index contributed by atoms with van der Waals surface area (Å²) in [4.78, 5) is 21.7. The first-order valence-corrected chi connectivity index (χ1v) is 16.1. The Morgan fingerprint density at radius 1 is 0.833 bits per heavy atom.